The zero-order valence-corrected chi connectivity index (χ0v) is 15.3. The van der Waals surface area contributed by atoms with Crippen molar-refractivity contribution in [1.82, 2.24) is 5.32 Å². The second-order valence-corrected chi connectivity index (χ2v) is 7.31. The first-order chi connectivity index (χ1) is 9.60. The van der Waals surface area contributed by atoms with E-state index in [4.69, 9.17) is 4.74 Å². The molecule has 1 aromatic rings. The quantitative estimate of drug-likeness (QED) is 0.700. The number of methoxy groups -OCH3 is 1. The molecule has 0 heterocycles. The van der Waals surface area contributed by atoms with Gasteiger partial charge in [-0.2, -0.15) is 11.8 Å². The maximum Gasteiger partial charge on any atom is 0.133 e. The van der Waals surface area contributed by atoms with Crippen LogP contribution < -0.4 is 10.1 Å². The molecule has 0 saturated carbocycles. The Morgan fingerprint density at radius 1 is 1.35 bits per heavy atom. The zero-order valence-electron chi connectivity index (χ0n) is 12.9. The minimum absolute atomic E-state index is 0.527. The minimum atomic E-state index is 0.527. The summed E-state index contributed by atoms with van der Waals surface area (Å²) in [6.45, 7) is 7.74. The molecule has 2 nitrogen and oxygen atoms in total. The Kier molecular flexibility index (Phi) is 8.66. The molecule has 0 fully saturated rings. The number of likely N-dealkylation sites (N-methyl/N-ethyl adjacent to an activating group) is 1. The van der Waals surface area contributed by atoms with Crippen LogP contribution in [0, 0.1) is 0 Å². The summed E-state index contributed by atoms with van der Waals surface area (Å²) in [5, 5.41) is 4.33. The Hall–Kier alpha value is -0.190. The summed E-state index contributed by atoms with van der Waals surface area (Å²) >= 11 is 5.62. The van der Waals surface area contributed by atoms with E-state index in [2.05, 4.69) is 65.9 Å². The van der Waals surface area contributed by atoms with Crippen molar-refractivity contribution in [1.29, 1.82) is 0 Å². The van der Waals surface area contributed by atoms with Crippen molar-refractivity contribution in [2.24, 2.45) is 0 Å². The van der Waals surface area contributed by atoms with E-state index in [0.29, 0.717) is 6.04 Å². The van der Waals surface area contributed by atoms with Crippen LogP contribution in [0.3, 0.4) is 0 Å². The number of hydrogen-bond donors (Lipinski definition) is 1. The molecule has 1 aromatic carbocycles. The molecule has 0 bridgehead atoms. The molecule has 2 unspecified atom stereocenters. The molecule has 0 aromatic heterocycles. The van der Waals surface area contributed by atoms with E-state index in [1.807, 2.05) is 6.07 Å². The van der Waals surface area contributed by atoms with Crippen LogP contribution in [0.4, 0.5) is 0 Å². The van der Waals surface area contributed by atoms with E-state index in [9.17, 15) is 0 Å². The summed E-state index contributed by atoms with van der Waals surface area (Å²) in [7, 11) is 1.70. The Morgan fingerprint density at radius 3 is 2.65 bits per heavy atom. The Bertz CT molecular complexity index is 400. The van der Waals surface area contributed by atoms with E-state index < -0.39 is 0 Å². The molecule has 2 atom stereocenters. The first kappa shape index (κ1) is 17.9. The molecule has 0 aliphatic heterocycles. The van der Waals surface area contributed by atoms with Crippen LogP contribution in [-0.4, -0.2) is 30.7 Å². The van der Waals surface area contributed by atoms with Crippen LogP contribution in [0.25, 0.3) is 0 Å². The van der Waals surface area contributed by atoms with Crippen LogP contribution >= 0.6 is 27.7 Å². The first-order valence-electron chi connectivity index (χ1n) is 7.28. The SMILES string of the molecule is CCNC(CSC(C)CC)Cc1ccc(OC)c(Br)c1. The lowest BCUT2D eigenvalue weighted by Crippen LogP contribution is -2.33. The van der Waals surface area contributed by atoms with Gasteiger partial charge in [0.2, 0.25) is 0 Å². The second kappa shape index (κ2) is 9.69. The number of halogens is 1. The van der Waals surface area contributed by atoms with E-state index in [1.54, 1.807) is 7.11 Å². The van der Waals surface area contributed by atoms with Gasteiger partial charge >= 0.3 is 0 Å². The van der Waals surface area contributed by atoms with Gasteiger partial charge in [-0.3, -0.25) is 0 Å². The van der Waals surface area contributed by atoms with Gasteiger partial charge in [0.1, 0.15) is 5.75 Å². The van der Waals surface area contributed by atoms with Crippen molar-refractivity contribution in [2.45, 2.75) is 44.9 Å². The summed E-state index contributed by atoms with van der Waals surface area (Å²) in [5.74, 6) is 2.05. The topological polar surface area (TPSA) is 21.3 Å². The van der Waals surface area contributed by atoms with Crippen LogP contribution in [-0.2, 0) is 6.42 Å². The fraction of sp³-hybridized carbons (Fsp3) is 0.625. The van der Waals surface area contributed by atoms with Gasteiger partial charge < -0.3 is 10.1 Å². The molecule has 0 aliphatic rings. The number of rotatable bonds is 9. The van der Waals surface area contributed by atoms with Crippen LogP contribution in [0.5, 0.6) is 5.75 Å². The summed E-state index contributed by atoms with van der Waals surface area (Å²) < 4.78 is 6.31. The lowest BCUT2D eigenvalue weighted by atomic mass is 10.1. The summed E-state index contributed by atoms with van der Waals surface area (Å²) in [6, 6.07) is 6.88. The minimum Gasteiger partial charge on any atom is -0.496 e. The molecule has 0 aliphatic carbocycles. The molecule has 1 rings (SSSR count). The highest BCUT2D eigenvalue weighted by Gasteiger charge is 2.12. The third-order valence-corrected chi connectivity index (χ3v) is 5.46. The van der Waals surface area contributed by atoms with E-state index in [1.165, 1.54) is 12.0 Å². The Morgan fingerprint density at radius 2 is 2.10 bits per heavy atom. The largest absolute Gasteiger partial charge is 0.496 e. The molecule has 0 radical (unpaired) electrons. The van der Waals surface area contributed by atoms with E-state index in [-0.39, 0.29) is 0 Å². The number of hydrogen-bond acceptors (Lipinski definition) is 3. The average molecular weight is 360 g/mol. The van der Waals surface area contributed by atoms with Crippen LogP contribution in [0.2, 0.25) is 0 Å². The predicted molar refractivity (Wildman–Crippen MR) is 94.1 cm³/mol. The molecular weight excluding hydrogens is 334 g/mol. The van der Waals surface area contributed by atoms with Crippen LogP contribution in [0.1, 0.15) is 32.8 Å². The van der Waals surface area contributed by atoms with Crippen molar-refractivity contribution in [3.05, 3.63) is 28.2 Å². The standard InChI is InChI=1S/C16H26BrNOS/c1-5-12(3)20-11-14(18-6-2)9-13-7-8-16(19-4)15(17)10-13/h7-8,10,12,14,18H,5-6,9,11H2,1-4H3. The van der Waals surface area contributed by atoms with Crippen LogP contribution in [0.15, 0.2) is 22.7 Å². The van der Waals surface area contributed by atoms with Crippen molar-refractivity contribution in [3.8, 4) is 5.75 Å². The highest BCUT2D eigenvalue weighted by Crippen LogP contribution is 2.26. The summed E-state index contributed by atoms with van der Waals surface area (Å²) in [5.41, 5.74) is 1.34. The normalized spacial score (nSPS) is 14.1. The first-order valence-corrected chi connectivity index (χ1v) is 9.12. The number of ether oxygens (including phenoxy) is 1. The molecule has 1 N–H and O–H groups in total. The zero-order chi connectivity index (χ0) is 15.0. The Labute approximate surface area is 136 Å². The molecule has 4 heteroatoms. The van der Waals surface area contributed by atoms with Gasteiger partial charge in [0, 0.05) is 17.0 Å². The highest BCUT2D eigenvalue weighted by atomic mass is 79.9. The van der Waals surface area contributed by atoms with Gasteiger partial charge in [-0.1, -0.05) is 26.8 Å². The van der Waals surface area contributed by atoms with Crippen molar-refractivity contribution in [2.75, 3.05) is 19.4 Å². The monoisotopic (exact) mass is 359 g/mol. The maximum atomic E-state index is 5.28. The molecule has 0 amide bonds. The van der Waals surface area contributed by atoms with Gasteiger partial charge in [0.25, 0.3) is 0 Å². The van der Waals surface area contributed by atoms with Crippen molar-refractivity contribution in [3.63, 3.8) is 0 Å². The average Bonchev–Trinajstić information content (AvgIpc) is 2.44. The van der Waals surface area contributed by atoms with Gasteiger partial charge in [0.15, 0.2) is 0 Å². The summed E-state index contributed by atoms with van der Waals surface area (Å²) in [6.07, 6.45) is 2.29. The predicted octanol–water partition coefficient (Wildman–Crippen LogP) is 4.51. The van der Waals surface area contributed by atoms with Crippen molar-refractivity contribution < 1.29 is 4.74 Å². The third kappa shape index (κ3) is 6.06. The molecule has 114 valence electrons. The molecule has 0 spiro atoms. The van der Waals surface area contributed by atoms with E-state index >= 15 is 0 Å². The van der Waals surface area contributed by atoms with Gasteiger partial charge in [-0.15, -0.1) is 0 Å². The van der Waals surface area contributed by atoms with Crippen molar-refractivity contribution >= 4 is 27.7 Å². The van der Waals surface area contributed by atoms with Gasteiger partial charge in [0.05, 0.1) is 11.6 Å². The molecular formula is C16H26BrNOS. The Balaban J connectivity index is 2.62. The smallest absolute Gasteiger partial charge is 0.133 e. The van der Waals surface area contributed by atoms with E-state index in [0.717, 1.165) is 34.2 Å². The fourth-order valence-electron chi connectivity index (χ4n) is 2.00. The summed E-state index contributed by atoms with van der Waals surface area (Å²) in [4.78, 5) is 0. The molecule has 20 heavy (non-hydrogen) atoms. The lowest BCUT2D eigenvalue weighted by Gasteiger charge is -2.20. The van der Waals surface area contributed by atoms with Gasteiger partial charge in [-0.25, -0.2) is 0 Å². The lowest BCUT2D eigenvalue weighted by molar-refractivity contribution is 0.412. The number of nitrogens with one attached hydrogen (secondary N) is 1. The number of benzene rings is 1. The molecule has 0 saturated heterocycles. The van der Waals surface area contributed by atoms with Gasteiger partial charge in [-0.05, 0) is 53.0 Å². The maximum absolute atomic E-state index is 5.28. The third-order valence-electron chi connectivity index (χ3n) is 3.35. The second-order valence-electron chi connectivity index (χ2n) is 4.98. The fourth-order valence-corrected chi connectivity index (χ4v) is 3.62. The highest BCUT2D eigenvalue weighted by molar-refractivity contribution is 9.10. The number of thioether (sulfide) groups is 1.